The van der Waals surface area contributed by atoms with Crippen LogP contribution in [-0.4, -0.2) is 22.6 Å². The molecule has 1 aliphatic rings. The molecule has 0 unspecified atom stereocenters. The van der Waals surface area contributed by atoms with E-state index < -0.39 is 0 Å². The van der Waals surface area contributed by atoms with Crippen LogP contribution >= 0.6 is 11.6 Å². The van der Waals surface area contributed by atoms with Gasteiger partial charge in [-0.1, -0.05) is 11.6 Å². The fourth-order valence-electron chi connectivity index (χ4n) is 2.73. The Morgan fingerprint density at radius 3 is 2.86 bits per heavy atom. The lowest BCUT2D eigenvalue weighted by Gasteiger charge is -2.26. The van der Waals surface area contributed by atoms with Gasteiger partial charge in [0.2, 0.25) is 5.43 Å². The number of pyridine rings is 1. The lowest BCUT2D eigenvalue weighted by molar-refractivity contribution is 0.0940. The van der Waals surface area contributed by atoms with E-state index in [1.54, 1.807) is 18.3 Å². The first-order valence-electron chi connectivity index (χ1n) is 7.21. The zero-order valence-corrected chi connectivity index (χ0v) is 13.4. The molecule has 0 fully saturated rings. The van der Waals surface area contributed by atoms with Gasteiger partial charge in [0.15, 0.2) is 0 Å². The van der Waals surface area contributed by atoms with E-state index in [9.17, 15) is 9.59 Å². The highest BCUT2D eigenvalue weighted by Crippen LogP contribution is 2.33. The van der Waals surface area contributed by atoms with Gasteiger partial charge in [-0.05, 0) is 32.9 Å². The molecule has 1 aromatic carbocycles. The molecule has 116 valence electrons. The lowest BCUT2D eigenvalue weighted by atomic mass is 10.1. The number of ether oxygens (including phenoxy) is 1. The Labute approximate surface area is 132 Å². The number of rotatable bonds is 2. The Balaban J connectivity index is 2.30. The Hall–Kier alpha value is -2.01. The van der Waals surface area contributed by atoms with Crippen LogP contribution in [0.4, 0.5) is 0 Å². The fourth-order valence-corrected chi connectivity index (χ4v) is 2.97. The van der Waals surface area contributed by atoms with Crippen molar-refractivity contribution in [2.24, 2.45) is 0 Å². The van der Waals surface area contributed by atoms with Crippen molar-refractivity contribution >= 4 is 28.4 Å². The third-order valence-corrected chi connectivity index (χ3v) is 3.90. The Morgan fingerprint density at radius 2 is 2.18 bits per heavy atom. The number of amides is 1. The molecule has 1 N–H and O–H groups in total. The molecule has 1 aliphatic heterocycles. The van der Waals surface area contributed by atoms with Gasteiger partial charge in [0.1, 0.15) is 17.4 Å². The Morgan fingerprint density at radius 1 is 1.45 bits per heavy atom. The molecular formula is C16H17ClN2O3. The van der Waals surface area contributed by atoms with E-state index in [2.05, 4.69) is 5.32 Å². The molecule has 0 spiro atoms. The topological polar surface area (TPSA) is 60.3 Å². The smallest absolute Gasteiger partial charge is 0.256 e. The first-order valence-corrected chi connectivity index (χ1v) is 7.59. The van der Waals surface area contributed by atoms with E-state index in [0.717, 1.165) is 0 Å². The predicted octanol–water partition coefficient (Wildman–Crippen LogP) is 2.57. The second-order valence-corrected chi connectivity index (χ2v) is 6.26. The van der Waals surface area contributed by atoms with E-state index in [0.29, 0.717) is 28.2 Å². The molecule has 0 saturated heterocycles. The zero-order valence-electron chi connectivity index (χ0n) is 12.6. The number of hydrogen-bond acceptors (Lipinski definition) is 3. The van der Waals surface area contributed by atoms with E-state index in [4.69, 9.17) is 16.3 Å². The van der Waals surface area contributed by atoms with Crippen LogP contribution in [0.5, 0.6) is 5.75 Å². The maximum Gasteiger partial charge on any atom is 0.256 e. The van der Waals surface area contributed by atoms with Gasteiger partial charge in [-0.2, -0.15) is 0 Å². The summed E-state index contributed by atoms with van der Waals surface area (Å²) in [4.78, 5) is 25.0. The van der Waals surface area contributed by atoms with Gasteiger partial charge in [-0.25, -0.2) is 0 Å². The average Bonchev–Trinajstić information content (AvgIpc) is 2.43. The fraction of sp³-hybridized carbons (Fsp3) is 0.375. The molecule has 1 amide bonds. The van der Waals surface area contributed by atoms with E-state index in [-0.39, 0.29) is 29.0 Å². The summed E-state index contributed by atoms with van der Waals surface area (Å²) in [5.74, 6) is 0.234. The minimum absolute atomic E-state index is 0.0413. The largest absolute Gasteiger partial charge is 0.487 e. The summed E-state index contributed by atoms with van der Waals surface area (Å²) in [6, 6.07) is 3.34. The van der Waals surface area contributed by atoms with Gasteiger partial charge in [-0.3, -0.25) is 9.59 Å². The van der Waals surface area contributed by atoms with Crippen molar-refractivity contribution in [3.8, 4) is 5.75 Å². The maximum absolute atomic E-state index is 12.7. The summed E-state index contributed by atoms with van der Waals surface area (Å²) in [6.07, 6.45) is 1.56. The van der Waals surface area contributed by atoms with E-state index >= 15 is 0 Å². The number of hydrogen-bond donors (Lipinski definition) is 1. The minimum atomic E-state index is -0.383. The monoisotopic (exact) mass is 320 g/mol. The number of nitrogens with one attached hydrogen (secondary N) is 1. The SMILES string of the molecule is CC(C)NC(=O)c1cn2c3c(ccc(Cl)c3c1=O)O[C@@H](C)C2. The predicted molar refractivity (Wildman–Crippen MR) is 85.9 cm³/mol. The summed E-state index contributed by atoms with van der Waals surface area (Å²) in [6.45, 7) is 6.20. The number of carbonyl (C=O) groups is 1. The second kappa shape index (κ2) is 5.32. The summed E-state index contributed by atoms with van der Waals surface area (Å²) in [5, 5.41) is 3.42. The Bertz CT molecular complexity index is 826. The van der Waals surface area contributed by atoms with Crippen molar-refractivity contribution in [1.29, 1.82) is 0 Å². The van der Waals surface area contributed by atoms with Gasteiger partial charge in [0, 0.05) is 12.2 Å². The normalized spacial score (nSPS) is 16.7. The molecule has 1 aromatic heterocycles. The number of aromatic nitrogens is 1. The van der Waals surface area contributed by atoms with Crippen LogP contribution in [0, 0.1) is 0 Å². The molecule has 2 heterocycles. The molecule has 1 atom stereocenters. The molecule has 5 nitrogen and oxygen atoms in total. The Kier molecular flexibility index (Phi) is 3.60. The number of nitrogens with zero attached hydrogens (tertiary/aromatic N) is 1. The van der Waals surface area contributed by atoms with Crippen molar-refractivity contribution in [3.05, 3.63) is 39.1 Å². The van der Waals surface area contributed by atoms with Gasteiger partial charge >= 0.3 is 0 Å². The maximum atomic E-state index is 12.7. The third-order valence-electron chi connectivity index (χ3n) is 3.58. The van der Waals surface area contributed by atoms with Gasteiger partial charge in [0.25, 0.3) is 5.91 Å². The second-order valence-electron chi connectivity index (χ2n) is 5.85. The average molecular weight is 321 g/mol. The minimum Gasteiger partial charge on any atom is -0.487 e. The highest BCUT2D eigenvalue weighted by molar-refractivity contribution is 6.35. The molecule has 0 bridgehead atoms. The van der Waals surface area contributed by atoms with Gasteiger partial charge in [-0.15, -0.1) is 0 Å². The van der Waals surface area contributed by atoms with Crippen molar-refractivity contribution in [3.63, 3.8) is 0 Å². The molecule has 2 aromatic rings. The van der Waals surface area contributed by atoms with Crippen LogP contribution in [-0.2, 0) is 6.54 Å². The van der Waals surface area contributed by atoms with E-state index in [1.165, 1.54) is 0 Å². The van der Waals surface area contributed by atoms with Crippen molar-refractivity contribution in [1.82, 2.24) is 9.88 Å². The molecule has 3 rings (SSSR count). The summed E-state index contributed by atoms with van der Waals surface area (Å²) < 4.78 is 7.64. The molecule has 22 heavy (non-hydrogen) atoms. The number of benzene rings is 1. The summed E-state index contributed by atoms with van der Waals surface area (Å²) in [5.41, 5.74) is 0.389. The number of halogens is 1. The van der Waals surface area contributed by atoms with Crippen molar-refractivity contribution < 1.29 is 9.53 Å². The van der Waals surface area contributed by atoms with Crippen molar-refractivity contribution in [2.45, 2.75) is 39.5 Å². The third kappa shape index (κ3) is 2.35. The first kappa shape index (κ1) is 14.9. The standard InChI is InChI=1S/C16H17ClN2O3/c1-8(2)18-16(21)10-7-19-6-9(3)22-12-5-4-11(17)13(14(12)19)15(10)20/h4-5,7-9H,6H2,1-3H3,(H,18,21)/t9-/m0/s1. The van der Waals surface area contributed by atoms with Gasteiger partial charge < -0.3 is 14.6 Å². The molecular weight excluding hydrogens is 304 g/mol. The summed E-state index contributed by atoms with van der Waals surface area (Å²) >= 11 is 6.21. The molecule has 6 heteroatoms. The van der Waals surface area contributed by atoms with Crippen LogP contribution in [0.3, 0.4) is 0 Å². The van der Waals surface area contributed by atoms with Crippen LogP contribution in [0.25, 0.3) is 10.9 Å². The van der Waals surface area contributed by atoms with Crippen LogP contribution in [0.1, 0.15) is 31.1 Å². The molecule has 0 radical (unpaired) electrons. The van der Waals surface area contributed by atoms with Crippen LogP contribution < -0.4 is 15.5 Å². The van der Waals surface area contributed by atoms with Crippen LogP contribution in [0.15, 0.2) is 23.1 Å². The van der Waals surface area contributed by atoms with Crippen molar-refractivity contribution in [2.75, 3.05) is 0 Å². The number of carbonyl (C=O) groups excluding carboxylic acids is 1. The van der Waals surface area contributed by atoms with E-state index in [1.807, 2.05) is 25.3 Å². The molecule has 0 saturated carbocycles. The quantitative estimate of drug-likeness (QED) is 0.925. The summed E-state index contributed by atoms with van der Waals surface area (Å²) in [7, 11) is 0. The lowest BCUT2D eigenvalue weighted by Crippen LogP contribution is -2.35. The first-order chi connectivity index (χ1) is 10.4. The van der Waals surface area contributed by atoms with Crippen LogP contribution in [0.2, 0.25) is 5.02 Å². The zero-order chi connectivity index (χ0) is 16.0. The molecule has 0 aliphatic carbocycles. The highest BCUT2D eigenvalue weighted by atomic mass is 35.5. The van der Waals surface area contributed by atoms with Gasteiger partial charge in [0.05, 0.1) is 22.5 Å². The highest BCUT2D eigenvalue weighted by Gasteiger charge is 2.24.